The molecule has 1 aliphatic rings. The van der Waals surface area contributed by atoms with Crippen molar-refractivity contribution in [1.29, 1.82) is 0 Å². The van der Waals surface area contributed by atoms with Crippen molar-refractivity contribution in [2.45, 2.75) is 45.6 Å². The number of rotatable bonds is 6. The van der Waals surface area contributed by atoms with Crippen LogP contribution in [0.3, 0.4) is 0 Å². The van der Waals surface area contributed by atoms with Gasteiger partial charge in [-0.05, 0) is 78.1 Å². The van der Waals surface area contributed by atoms with Crippen LogP contribution in [0.25, 0.3) is 11.1 Å². The minimum absolute atomic E-state index is 0.00188. The van der Waals surface area contributed by atoms with Gasteiger partial charge >= 0.3 is 0 Å². The Hall–Kier alpha value is -3.11. The Bertz CT molecular complexity index is 1180. The van der Waals surface area contributed by atoms with Gasteiger partial charge in [-0.15, -0.1) is 0 Å². The van der Waals surface area contributed by atoms with Crippen LogP contribution in [0.4, 0.5) is 0 Å². The highest BCUT2D eigenvalue weighted by Gasteiger charge is 2.31. The Balaban J connectivity index is 1.42. The number of carbonyl (C=O) groups excluding carboxylic acids is 2. The molecule has 1 aliphatic heterocycles. The topological polar surface area (TPSA) is 49.4 Å². The van der Waals surface area contributed by atoms with E-state index in [1.54, 1.807) is 6.07 Å². The van der Waals surface area contributed by atoms with E-state index in [0.717, 1.165) is 34.6 Å². The zero-order valence-electron chi connectivity index (χ0n) is 20.6. The third kappa shape index (κ3) is 5.94. The highest BCUT2D eigenvalue weighted by Crippen LogP contribution is 2.29. The van der Waals surface area contributed by atoms with Crippen LogP contribution in [0.5, 0.6) is 0 Å². The molecule has 0 unspecified atom stereocenters. The van der Waals surface area contributed by atoms with E-state index < -0.39 is 6.04 Å². The number of carbonyl (C=O) groups is 2. The molecule has 1 heterocycles. The van der Waals surface area contributed by atoms with E-state index in [1.807, 2.05) is 61.2 Å². The summed E-state index contributed by atoms with van der Waals surface area (Å²) in [6, 6.07) is 23.2. The van der Waals surface area contributed by atoms with Crippen LogP contribution in [0, 0.1) is 12.8 Å². The highest BCUT2D eigenvalue weighted by atomic mass is 35.5. The van der Waals surface area contributed by atoms with E-state index in [0.29, 0.717) is 24.6 Å². The summed E-state index contributed by atoms with van der Waals surface area (Å²) in [5.74, 6) is 0.189. The fraction of sp³-hybridized carbons (Fsp3) is 0.333. The van der Waals surface area contributed by atoms with Crippen molar-refractivity contribution in [1.82, 2.24) is 10.2 Å². The maximum absolute atomic E-state index is 13.4. The molecule has 1 atom stereocenters. The lowest BCUT2D eigenvalue weighted by atomic mass is 9.89. The first-order valence-corrected chi connectivity index (χ1v) is 12.7. The normalized spacial score (nSPS) is 15.2. The van der Waals surface area contributed by atoms with Gasteiger partial charge in [0.05, 0.1) is 0 Å². The summed E-state index contributed by atoms with van der Waals surface area (Å²) in [6.07, 6.45) is 1.81. The fourth-order valence-electron chi connectivity index (χ4n) is 4.83. The molecule has 0 bridgehead atoms. The first kappa shape index (κ1) is 25.0. The quantitative estimate of drug-likeness (QED) is 0.432. The van der Waals surface area contributed by atoms with Gasteiger partial charge in [0.2, 0.25) is 5.91 Å². The summed E-state index contributed by atoms with van der Waals surface area (Å²) >= 11 is 6.02. The second-order valence-electron chi connectivity index (χ2n) is 9.74. The molecule has 0 saturated carbocycles. The number of halogens is 1. The number of likely N-dealkylation sites (tertiary alicyclic amines) is 1. The van der Waals surface area contributed by atoms with Crippen LogP contribution in [0.1, 0.15) is 54.1 Å². The predicted octanol–water partition coefficient (Wildman–Crippen LogP) is 6.48. The average Bonchev–Trinajstić information content (AvgIpc) is 2.87. The van der Waals surface area contributed by atoms with Crippen LogP contribution in [0.15, 0.2) is 72.8 Å². The Morgan fingerprint density at radius 2 is 1.63 bits per heavy atom. The van der Waals surface area contributed by atoms with Crippen LogP contribution >= 0.6 is 11.6 Å². The summed E-state index contributed by atoms with van der Waals surface area (Å²) in [6.45, 7) is 7.40. The van der Waals surface area contributed by atoms with Gasteiger partial charge in [0.25, 0.3) is 5.91 Å². The van der Waals surface area contributed by atoms with Crippen molar-refractivity contribution in [2.75, 3.05) is 13.1 Å². The van der Waals surface area contributed by atoms with Crippen molar-refractivity contribution in [3.05, 3.63) is 94.5 Å². The van der Waals surface area contributed by atoms with Gasteiger partial charge < -0.3 is 10.2 Å². The van der Waals surface area contributed by atoms with Gasteiger partial charge in [-0.2, -0.15) is 0 Å². The summed E-state index contributed by atoms with van der Waals surface area (Å²) in [7, 11) is 0. The standard InChI is InChI=1S/C30H33ClN2O2/c1-20(2)28(30(35)33-17-15-23(16-18-33)22-11-13-26(31)14-12-22)32-29(34)25-9-6-8-24(19-25)27-10-5-4-7-21(27)3/h4-14,19-20,23,28H,15-18H2,1-3H3,(H,32,34)/t28-/m1/s1. The largest absolute Gasteiger partial charge is 0.341 e. The monoisotopic (exact) mass is 488 g/mol. The predicted molar refractivity (Wildman–Crippen MR) is 143 cm³/mol. The molecule has 1 N–H and O–H groups in total. The summed E-state index contributed by atoms with van der Waals surface area (Å²) in [5.41, 5.74) is 5.08. The molecule has 4 rings (SSSR count). The molecule has 35 heavy (non-hydrogen) atoms. The van der Waals surface area contributed by atoms with E-state index in [4.69, 9.17) is 11.6 Å². The van der Waals surface area contributed by atoms with Crippen LogP contribution < -0.4 is 5.32 Å². The smallest absolute Gasteiger partial charge is 0.251 e. The second kappa shape index (κ2) is 11.1. The molecule has 2 amide bonds. The number of amides is 2. The number of piperidine rings is 1. The maximum atomic E-state index is 13.4. The highest BCUT2D eigenvalue weighted by molar-refractivity contribution is 6.30. The van der Waals surface area contributed by atoms with E-state index in [9.17, 15) is 9.59 Å². The van der Waals surface area contributed by atoms with Gasteiger partial charge in [0.15, 0.2) is 0 Å². The van der Waals surface area contributed by atoms with Crippen LogP contribution in [-0.2, 0) is 4.79 Å². The van der Waals surface area contributed by atoms with Crippen molar-refractivity contribution < 1.29 is 9.59 Å². The van der Waals surface area contributed by atoms with Crippen molar-refractivity contribution in [3.63, 3.8) is 0 Å². The Morgan fingerprint density at radius 1 is 0.943 bits per heavy atom. The van der Waals surface area contributed by atoms with Crippen molar-refractivity contribution in [2.24, 2.45) is 5.92 Å². The molecule has 0 aromatic heterocycles. The molecule has 182 valence electrons. The average molecular weight is 489 g/mol. The van der Waals surface area contributed by atoms with Crippen LogP contribution in [0.2, 0.25) is 5.02 Å². The molecule has 5 heteroatoms. The number of nitrogens with one attached hydrogen (secondary N) is 1. The Morgan fingerprint density at radius 3 is 2.29 bits per heavy atom. The molecule has 3 aromatic carbocycles. The van der Waals surface area contributed by atoms with Crippen molar-refractivity contribution in [3.8, 4) is 11.1 Å². The SMILES string of the molecule is Cc1ccccc1-c1cccc(C(=O)N[C@@H](C(=O)N2CCC(c3ccc(Cl)cc3)CC2)C(C)C)c1. The number of hydrogen-bond donors (Lipinski definition) is 1. The Labute approximate surface area is 213 Å². The lowest BCUT2D eigenvalue weighted by Gasteiger charge is -2.35. The third-order valence-corrected chi connectivity index (χ3v) is 7.20. The summed E-state index contributed by atoms with van der Waals surface area (Å²) < 4.78 is 0. The number of nitrogens with zero attached hydrogens (tertiary/aromatic N) is 1. The molecule has 0 spiro atoms. The summed E-state index contributed by atoms with van der Waals surface area (Å²) in [4.78, 5) is 28.5. The lowest BCUT2D eigenvalue weighted by molar-refractivity contribution is -0.135. The zero-order chi connectivity index (χ0) is 24.9. The zero-order valence-corrected chi connectivity index (χ0v) is 21.4. The van der Waals surface area contributed by atoms with E-state index in [-0.39, 0.29) is 17.7 Å². The molecule has 4 nitrogen and oxygen atoms in total. The number of hydrogen-bond acceptors (Lipinski definition) is 2. The minimum atomic E-state index is -0.559. The van der Waals surface area contributed by atoms with Gasteiger partial charge in [0, 0.05) is 23.7 Å². The lowest BCUT2D eigenvalue weighted by Crippen LogP contribution is -2.52. The first-order chi connectivity index (χ1) is 16.8. The number of benzene rings is 3. The van der Waals surface area contributed by atoms with Gasteiger partial charge in [-0.3, -0.25) is 9.59 Å². The van der Waals surface area contributed by atoms with Crippen molar-refractivity contribution >= 4 is 23.4 Å². The van der Waals surface area contributed by atoms with Gasteiger partial charge in [-0.25, -0.2) is 0 Å². The van der Waals surface area contributed by atoms with E-state index >= 15 is 0 Å². The molecular formula is C30H33ClN2O2. The van der Waals surface area contributed by atoms with Crippen LogP contribution in [-0.4, -0.2) is 35.8 Å². The Kier molecular flexibility index (Phi) is 7.92. The second-order valence-corrected chi connectivity index (χ2v) is 10.2. The minimum Gasteiger partial charge on any atom is -0.341 e. The molecule has 1 saturated heterocycles. The van der Waals surface area contributed by atoms with E-state index in [2.05, 4.69) is 36.5 Å². The molecule has 0 aliphatic carbocycles. The first-order valence-electron chi connectivity index (χ1n) is 12.3. The number of aryl methyl sites for hydroxylation is 1. The fourth-order valence-corrected chi connectivity index (χ4v) is 4.95. The van der Waals surface area contributed by atoms with E-state index in [1.165, 1.54) is 5.56 Å². The summed E-state index contributed by atoms with van der Waals surface area (Å²) in [5, 5.41) is 3.76. The molecular weight excluding hydrogens is 456 g/mol. The molecule has 0 radical (unpaired) electrons. The maximum Gasteiger partial charge on any atom is 0.251 e. The third-order valence-electron chi connectivity index (χ3n) is 6.95. The molecule has 3 aromatic rings. The molecule has 1 fully saturated rings. The van der Waals surface area contributed by atoms with Gasteiger partial charge in [0.1, 0.15) is 6.04 Å². The van der Waals surface area contributed by atoms with Gasteiger partial charge in [-0.1, -0.05) is 74.0 Å².